The minimum Gasteiger partial charge on any atom is -0.344 e. The molecule has 0 spiro atoms. The first-order valence-electron chi connectivity index (χ1n) is 12.1. The Labute approximate surface area is 217 Å². The van der Waals surface area contributed by atoms with E-state index in [-0.39, 0.29) is 18.2 Å². The van der Waals surface area contributed by atoms with Gasteiger partial charge in [-0.25, -0.2) is 18.1 Å². The number of aromatic nitrogens is 4. The van der Waals surface area contributed by atoms with Gasteiger partial charge in [-0.3, -0.25) is 14.5 Å². The van der Waals surface area contributed by atoms with E-state index in [0.717, 1.165) is 25.2 Å². The van der Waals surface area contributed by atoms with Gasteiger partial charge in [0.05, 0.1) is 30.0 Å². The van der Waals surface area contributed by atoms with E-state index in [0.29, 0.717) is 35.8 Å². The average molecular weight is 534 g/mol. The maximum absolute atomic E-state index is 13.0. The normalized spacial score (nSPS) is 12.7. The van der Waals surface area contributed by atoms with Gasteiger partial charge in [-0.15, -0.1) is 11.3 Å². The number of hydrogen-bond donors (Lipinski definition) is 2. The van der Waals surface area contributed by atoms with Crippen LogP contribution < -0.4 is 10.0 Å². The highest BCUT2D eigenvalue weighted by molar-refractivity contribution is 7.89. The van der Waals surface area contributed by atoms with Crippen molar-refractivity contribution in [3.63, 3.8) is 0 Å². The second kappa shape index (κ2) is 13.6. The summed E-state index contributed by atoms with van der Waals surface area (Å²) >= 11 is 1.26. The second-order valence-electron chi connectivity index (χ2n) is 8.45. The van der Waals surface area contributed by atoms with E-state index in [1.807, 2.05) is 30.3 Å². The molecule has 2 heterocycles. The molecule has 0 saturated carbocycles. The van der Waals surface area contributed by atoms with Crippen molar-refractivity contribution in [1.82, 2.24) is 34.7 Å². The summed E-state index contributed by atoms with van der Waals surface area (Å²) in [5.74, 6) is 0.725. The molecule has 0 saturated heterocycles. The number of amides is 1. The summed E-state index contributed by atoms with van der Waals surface area (Å²) in [5.41, 5.74) is 2.71. The topological polar surface area (TPSA) is 122 Å². The van der Waals surface area contributed by atoms with Gasteiger partial charge in [0.1, 0.15) is 10.7 Å². The Morgan fingerprint density at radius 3 is 2.61 bits per heavy atom. The molecule has 36 heavy (non-hydrogen) atoms. The number of aryl methyl sites for hydroxylation is 2. The minimum absolute atomic E-state index is 0.0376. The zero-order valence-electron chi connectivity index (χ0n) is 21.1. The van der Waals surface area contributed by atoms with Crippen LogP contribution in [0.5, 0.6) is 0 Å². The smallest absolute Gasteiger partial charge is 0.263 e. The summed E-state index contributed by atoms with van der Waals surface area (Å²) in [4.78, 5) is 23.5. The zero-order valence-corrected chi connectivity index (χ0v) is 22.7. The van der Waals surface area contributed by atoms with Gasteiger partial charge < -0.3 is 10.2 Å². The maximum atomic E-state index is 13.0. The number of nitrogens with zero attached hydrogens (tertiary/aromatic N) is 5. The van der Waals surface area contributed by atoms with E-state index in [4.69, 9.17) is 0 Å². The number of nitrogens with one attached hydrogen (secondary N) is 2. The first-order valence-corrected chi connectivity index (χ1v) is 14.7. The minimum atomic E-state index is -3.55. The molecule has 1 aromatic carbocycles. The van der Waals surface area contributed by atoms with Crippen LogP contribution in [0.2, 0.25) is 0 Å². The lowest BCUT2D eigenvalue weighted by Gasteiger charge is -2.19. The first kappa shape index (κ1) is 27.9. The highest BCUT2D eigenvalue weighted by atomic mass is 32.2. The summed E-state index contributed by atoms with van der Waals surface area (Å²) < 4.78 is 30.4. The van der Waals surface area contributed by atoms with Crippen molar-refractivity contribution in [1.29, 1.82) is 0 Å². The number of sulfonamides is 1. The van der Waals surface area contributed by atoms with Crippen LogP contribution in [-0.4, -0.2) is 64.4 Å². The molecule has 0 aliphatic rings. The summed E-state index contributed by atoms with van der Waals surface area (Å²) in [6.07, 6.45) is 3.24. The molecule has 2 N–H and O–H groups in total. The molecule has 0 unspecified atom stereocenters. The molecule has 1 atom stereocenters. The molecular formula is C24H35N7O3S2. The van der Waals surface area contributed by atoms with Gasteiger partial charge in [-0.05, 0) is 44.5 Å². The first-order chi connectivity index (χ1) is 17.3. The van der Waals surface area contributed by atoms with Crippen LogP contribution in [-0.2, 0) is 30.0 Å². The molecule has 3 aromatic rings. The lowest BCUT2D eigenvalue weighted by molar-refractivity contribution is 0.0953. The van der Waals surface area contributed by atoms with Crippen molar-refractivity contribution in [3.05, 3.63) is 64.1 Å². The number of hydrogen-bond acceptors (Lipinski definition) is 8. The van der Waals surface area contributed by atoms with Gasteiger partial charge in [0.15, 0.2) is 5.82 Å². The molecule has 196 valence electrons. The van der Waals surface area contributed by atoms with Gasteiger partial charge >= 0.3 is 0 Å². The number of thiazole rings is 1. The third-order valence-electron chi connectivity index (χ3n) is 5.91. The van der Waals surface area contributed by atoms with Crippen LogP contribution in [0.25, 0.3) is 0 Å². The average Bonchev–Trinajstić information content (AvgIpc) is 3.54. The quantitative estimate of drug-likeness (QED) is 0.308. The van der Waals surface area contributed by atoms with E-state index in [2.05, 4.69) is 43.9 Å². The lowest BCUT2D eigenvalue weighted by Crippen LogP contribution is -2.33. The summed E-state index contributed by atoms with van der Waals surface area (Å²) in [5, 5.41) is 7.31. The van der Waals surface area contributed by atoms with Gasteiger partial charge in [0, 0.05) is 7.05 Å². The van der Waals surface area contributed by atoms with Crippen molar-refractivity contribution in [3.8, 4) is 0 Å². The van der Waals surface area contributed by atoms with Crippen molar-refractivity contribution in [2.45, 2.75) is 45.7 Å². The highest BCUT2D eigenvalue weighted by Crippen LogP contribution is 2.19. The fourth-order valence-corrected chi connectivity index (χ4v) is 5.62. The van der Waals surface area contributed by atoms with Crippen LogP contribution >= 0.6 is 11.3 Å². The van der Waals surface area contributed by atoms with Crippen LogP contribution in [0.1, 0.15) is 59.6 Å². The van der Waals surface area contributed by atoms with E-state index >= 15 is 0 Å². The van der Waals surface area contributed by atoms with Crippen molar-refractivity contribution >= 4 is 27.3 Å². The Morgan fingerprint density at radius 1 is 1.19 bits per heavy atom. The molecular weight excluding hydrogens is 498 g/mol. The molecule has 2 aromatic heterocycles. The molecule has 0 aliphatic carbocycles. The maximum Gasteiger partial charge on any atom is 0.263 e. The van der Waals surface area contributed by atoms with Gasteiger partial charge in [-0.1, -0.05) is 44.2 Å². The van der Waals surface area contributed by atoms with Gasteiger partial charge in [-0.2, -0.15) is 5.10 Å². The predicted molar refractivity (Wildman–Crippen MR) is 141 cm³/mol. The Morgan fingerprint density at radius 2 is 1.94 bits per heavy atom. The summed E-state index contributed by atoms with van der Waals surface area (Å²) in [6, 6.07) is 9.33. The van der Waals surface area contributed by atoms with E-state index in [1.54, 1.807) is 17.2 Å². The largest absolute Gasteiger partial charge is 0.344 e. The molecule has 10 nitrogen and oxygen atoms in total. The third kappa shape index (κ3) is 8.47. The summed E-state index contributed by atoms with van der Waals surface area (Å²) in [6.45, 7) is 6.82. The van der Waals surface area contributed by atoms with Crippen LogP contribution in [0.15, 0.2) is 42.0 Å². The lowest BCUT2D eigenvalue weighted by atomic mass is 10.1. The standard InChI is InChI=1S/C24H35N7O3S2/c1-4-31(5-2)14-9-15-36(33,34)29-20(13-12-19-10-7-6-8-11-19)23-27-22(30(3)28-23)17-26-24(32)21-16-25-18-35-21/h6-8,10-11,16,18,20,29H,4-5,9,12-15,17H2,1-3H3,(H,26,32)/t20-/m1/s1. The molecule has 3 rings (SSSR count). The van der Waals surface area contributed by atoms with E-state index < -0.39 is 16.1 Å². The second-order valence-corrected chi connectivity index (χ2v) is 11.2. The Bertz CT molecular complexity index is 1180. The monoisotopic (exact) mass is 533 g/mol. The third-order valence-corrected chi connectivity index (χ3v) is 8.15. The fourth-order valence-electron chi connectivity index (χ4n) is 3.80. The Hall–Kier alpha value is -2.67. The summed E-state index contributed by atoms with van der Waals surface area (Å²) in [7, 11) is -1.81. The number of carbonyl (C=O) groups is 1. The van der Waals surface area contributed by atoms with Crippen LogP contribution in [0.3, 0.4) is 0 Å². The Kier molecular flexibility index (Phi) is 10.5. The van der Waals surface area contributed by atoms with E-state index in [1.165, 1.54) is 17.5 Å². The molecule has 0 fully saturated rings. The number of rotatable bonds is 15. The fraction of sp³-hybridized carbons (Fsp3) is 0.500. The van der Waals surface area contributed by atoms with Crippen molar-refractivity contribution < 1.29 is 13.2 Å². The molecule has 0 radical (unpaired) electrons. The predicted octanol–water partition coefficient (Wildman–Crippen LogP) is 2.53. The van der Waals surface area contributed by atoms with E-state index in [9.17, 15) is 13.2 Å². The molecule has 0 aliphatic heterocycles. The zero-order chi connectivity index (χ0) is 26.0. The van der Waals surface area contributed by atoms with Gasteiger partial charge in [0.2, 0.25) is 10.0 Å². The molecule has 1 amide bonds. The van der Waals surface area contributed by atoms with Crippen LogP contribution in [0.4, 0.5) is 0 Å². The van der Waals surface area contributed by atoms with Crippen LogP contribution in [0, 0.1) is 0 Å². The number of carbonyl (C=O) groups excluding carboxylic acids is 1. The van der Waals surface area contributed by atoms with Crippen molar-refractivity contribution in [2.75, 3.05) is 25.4 Å². The van der Waals surface area contributed by atoms with Gasteiger partial charge in [0.25, 0.3) is 5.91 Å². The molecule has 0 bridgehead atoms. The SMILES string of the molecule is CCN(CC)CCCS(=O)(=O)N[C@H](CCc1ccccc1)c1nc(CNC(=O)c2cncs2)n(C)n1. The van der Waals surface area contributed by atoms with Crippen molar-refractivity contribution in [2.24, 2.45) is 7.05 Å². The highest BCUT2D eigenvalue weighted by Gasteiger charge is 2.24. The molecule has 12 heteroatoms. The Balaban J connectivity index is 1.70. The number of benzene rings is 1.